The van der Waals surface area contributed by atoms with E-state index in [0.29, 0.717) is 12.2 Å². The van der Waals surface area contributed by atoms with Gasteiger partial charge in [-0.05, 0) is 23.0 Å². The first-order valence-corrected chi connectivity index (χ1v) is 6.34. The summed E-state index contributed by atoms with van der Waals surface area (Å²) in [6, 6.07) is 8.26. The maximum atomic E-state index is 10.5. The summed E-state index contributed by atoms with van der Waals surface area (Å²) in [7, 11) is 0. The molecular weight excluding hydrogens is 208 g/mol. The van der Waals surface area contributed by atoms with E-state index in [1.807, 2.05) is 12.1 Å². The second kappa shape index (κ2) is 4.90. The van der Waals surface area contributed by atoms with Gasteiger partial charge in [0.15, 0.2) is 11.1 Å². The Morgan fingerprint density at radius 2 is 1.73 bits per heavy atom. The van der Waals surface area contributed by atoms with Crippen molar-refractivity contribution in [2.75, 3.05) is 5.75 Å². The maximum absolute atomic E-state index is 10.5. The van der Waals surface area contributed by atoms with E-state index in [2.05, 4.69) is 32.9 Å². The van der Waals surface area contributed by atoms with Crippen LogP contribution < -0.4 is 0 Å². The molecule has 1 aromatic rings. The fourth-order valence-corrected chi connectivity index (χ4v) is 1.79. The number of hydrogen-bond donors (Lipinski definition) is 1. The lowest BCUT2D eigenvalue weighted by Crippen LogP contribution is -2.10. The Morgan fingerprint density at radius 3 is 2.13 bits per heavy atom. The van der Waals surface area contributed by atoms with E-state index in [4.69, 9.17) is 4.55 Å². The zero-order chi connectivity index (χ0) is 11.5. The molecule has 0 saturated carbocycles. The Kier molecular flexibility index (Phi) is 4.05. The van der Waals surface area contributed by atoms with Gasteiger partial charge >= 0.3 is 0 Å². The smallest absolute Gasteiger partial charge is 0.153 e. The van der Waals surface area contributed by atoms with E-state index in [1.54, 1.807) is 0 Å². The predicted molar refractivity (Wildman–Crippen MR) is 64.5 cm³/mol. The lowest BCUT2D eigenvalue weighted by atomic mass is 9.86. The molecule has 1 unspecified atom stereocenters. The van der Waals surface area contributed by atoms with Crippen LogP contribution in [0.25, 0.3) is 0 Å². The van der Waals surface area contributed by atoms with Crippen LogP contribution in [0, 0.1) is 0 Å². The van der Waals surface area contributed by atoms with E-state index in [-0.39, 0.29) is 5.41 Å². The van der Waals surface area contributed by atoms with Crippen molar-refractivity contribution in [2.24, 2.45) is 0 Å². The molecule has 0 spiro atoms. The zero-order valence-corrected chi connectivity index (χ0v) is 10.3. The molecule has 0 aliphatic heterocycles. The van der Waals surface area contributed by atoms with Gasteiger partial charge in [0.2, 0.25) is 0 Å². The molecule has 0 aliphatic carbocycles. The van der Waals surface area contributed by atoms with Crippen LogP contribution >= 0.6 is 0 Å². The Labute approximate surface area is 94.0 Å². The summed E-state index contributed by atoms with van der Waals surface area (Å²) in [6.07, 6.45) is 0.660. The highest BCUT2D eigenvalue weighted by molar-refractivity contribution is 7.79. The minimum Gasteiger partial charge on any atom is -0.306 e. The minimum atomic E-state index is -1.69. The maximum Gasteiger partial charge on any atom is 0.153 e. The molecule has 1 rings (SSSR count). The van der Waals surface area contributed by atoms with Gasteiger partial charge < -0.3 is 4.55 Å². The van der Waals surface area contributed by atoms with Crippen molar-refractivity contribution < 1.29 is 8.76 Å². The molecule has 0 fully saturated rings. The predicted octanol–water partition coefficient (Wildman–Crippen LogP) is 2.75. The summed E-state index contributed by atoms with van der Waals surface area (Å²) in [5, 5.41) is 0. The first-order chi connectivity index (χ1) is 6.89. The Morgan fingerprint density at radius 1 is 1.20 bits per heavy atom. The van der Waals surface area contributed by atoms with Gasteiger partial charge in [0.05, 0.1) is 5.75 Å². The Bertz CT molecular complexity index is 336. The van der Waals surface area contributed by atoms with Crippen LogP contribution in [0.15, 0.2) is 24.3 Å². The molecule has 15 heavy (non-hydrogen) atoms. The molecule has 1 N–H and O–H groups in total. The quantitative estimate of drug-likeness (QED) is 0.805. The SMILES string of the molecule is CC(C)(C)c1ccc(CCS(=O)O)cc1. The Hall–Kier alpha value is -0.670. The van der Waals surface area contributed by atoms with Crippen LogP contribution in [0.4, 0.5) is 0 Å². The van der Waals surface area contributed by atoms with E-state index in [0.717, 1.165) is 5.56 Å². The van der Waals surface area contributed by atoms with Gasteiger partial charge in [-0.15, -0.1) is 0 Å². The van der Waals surface area contributed by atoms with Crippen molar-refractivity contribution in [1.29, 1.82) is 0 Å². The molecule has 84 valence electrons. The average Bonchev–Trinajstić information content (AvgIpc) is 2.14. The largest absolute Gasteiger partial charge is 0.306 e. The Balaban J connectivity index is 2.69. The summed E-state index contributed by atoms with van der Waals surface area (Å²) in [6.45, 7) is 6.51. The topological polar surface area (TPSA) is 37.3 Å². The molecule has 2 nitrogen and oxygen atoms in total. The molecule has 0 amide bonds. The fourth-order valence-electron chi connectivity index (χ4n) is 1.38. The van der Waals surface area contributed by atoms with Crippen molar-refractivity contribution >= 4 is 11.1 Å². The van der Waals surface area contributed by atoms with Crippen LogP contribution in [0.1, 0.15) is 31.9 Å². The molecule has 3 heteroatoms. The molecule has 0 aliphatic rings. The van der Waals surface area contributed by atoms with E-state index in [9.17, 15) is 4.21 Å². The van der Waals surface area contributed by atoms with Crippen molar-refractivity contribution in [3.05, 3.63) is 35.4 Å². The van der Waals surface area contributed by atoms with Gasteiger partial charge in [0.25, 0.3) is 0 Å². The summed E-state index contributed by atoms with van der Waals surface area (Å²) >= 11 is -1.69. The third-order valence-electron chi connectivity index (χ3n) is 2.39. The highest BCUT2D eigenvalue weighted by Gasteiger charge is 2.12. The highest BCUT2D eigenvalue weighted by atomic mass is 32.2. The molecule has 0 bridgehead atoms. The fraction of sp³-hybridized carbons (Fsp3) is 0.500. The van der Waals surface area contributed by atoms with Crippen LogP contribution in [0.3, 0.4) is 0 Å². The van der Waals surface area contributed by atoms with Crippen molar-refractivity contribution in [3.8, 4) is 0 Å². The van der Waals surface area contributed by atoms with Gasteiger partial charge in [0, 0.05) is 0 Å². The second-order valence-corrected chi connectivity index (χ2v) is 5.77. The summed E-state index contributed by atoms with van der Waals surface area (Å²) < 4.78 is 19.2. The average molecular weight is 226 g/mol. The van der Waals surface area contributed by atoms with Crippen LogP contribution in [0.2, 0.25) is 0 Å². The lowest BCUT2D eigenvalue weighted by molar-refractivity contribution is 0.563. The van der Waals surface area contributed by atoms with Crippen molar-refractivity contribution in [2.45, 2.75) is 32.6 Å². The molecule has 0 aromatic heterocycles. The normalized spacial score (nSPS) is 13.9. The van der Waals surface area contributed by atoms with E-state index >= 15 is 0 Å². The number of aryl methyl sites for hydroxylation is 1. The van der Waals surface area contributed by atoms with Gasteiger partial charge in [-0.25, -0.2) is 4.21 Å². The van der Waals surface area contributed by atoms with Gasteiger partial charge in [-0.1, -0.05) is 45.0 Å². The zero-order valence-electron chi connectivity index (χ0n) is 9.49. The van der Waals surface area contributed by atoms with Crippen LogP contribution in [-0.4, -0.2) is 14.5 Å². The van der Waals surface area contributed by atoms with E-state index in [1.165, 1.54) is 5.56 Å². The molecule has 0 heterocycles. The molecular formula is C12H18O2S. The van der Waals surface area contributed by atoms with Crippen LogP contribution in [0.5, 0.6) is 0 Å². The first kappa shape index (κ1) is 12.4. The van der Waals surface area contributed by atoms with Crippen molar-refractivity contribution in [1.82, 2.24) is 0 Å². The second-order valence-electron chi connectivity index (χ2n) is 4.72. The minimum absolute atomic E-state index is 0.165. The van der Waals surface area contributed by atoms with Crippen LogP contribution in [-0.2, 0) is 22.9 Å². The third-order valence-corrected chi connectivity index (χ3v) is 2.94. The first-order valence-electron chi connectivity index (χ1n) is 5.06. The van der Waals surface area contributed by atoms with Crippen molar-refractivity contribution in [3.63, 3.8) is 0 Å². The molecule has 0 saturated heterocycles. The highest BCUT2D eigenvalue weighted by Crippen LogP contribution is 2.22. The van der Waals surface area contributed by atoms with Gasteiger partial charge in [-0.2, -0.15) is 0 Å². The number of hydrogen-bond acceptors (Lipinski definition) is 1. The number of rotatable bonds is 3. The summed E-state index contributed by atoms with van der Waals surface area (Å²) in [5.74, 6) is 0.314. The molecule has 1 atom stereocenters. The standard InChI is InChI=1S/C12H18O2S/c1-12(2,3)11-6-4-10(5-7-11)8-9-15(13)14/h4-7H,8-9H2,1-3H3,(H,13,14). The lowest BCUT2D eigenvalue weighted by Gasteiger charge is -2.19. The number of benzene rings is 1. The molecule has 0 radical (unpaired) electrons. The van der Waals surface area contributed by atoms with Gasteiger partial charge in [0.1, 0.15) is 0 Å². The van der Waals surface area contributed by atoms with E-state index < -0.39 is 11.1 Å². The molecule has 1 aromatic carbocycles. The monoisotopic (exact) mass is 226 g/mol. The summed E-state index contributed by atoms with van der Waals surface area (Å²) in [5.41, 5.74) is 2.57. The summed E-state index contributed by atoms with van der Waals surface area (Å²) in [4.78, 5) is 0. The van der Waals surface area contributed by atoms with Gasteiger partial charge in [-0.3, -0.25) is 0 Å². The third kappa shape index (κ3) is 4.14.